The predicted octanol–water partition coefficient (Wildman–Crippen LogP) is 11.2. The molecular weight excluding hydrogens is 1160 g/mol. The molecule has 0 aromatic heterocycles. The van der Waals surface area contributed by atoms with Crippen molar-refractivity contribution in [1.29, 1.82) is 0 Å². The van der Waals surface area contributed by atoms with E-state index in [-0.39, 0.29) is 95.7 Å². The summed E-state index contributed by atoms with van der Waals surface area (Å²) < 4.78 is 49.3. The van der Waals surface area contributed by atoms with E-state index in [2.05, 4.69) is 97.5 Å². The number of hydrogen-bond acceptors (Lipinski definition) is 12. The summed E-state index contributed by atoms with van der Waals surface area (Å²) in [5.41, 5.74) is 11.0. The monoisotopic (exact) mass is 1260 g/mol. The van der Waals surface area contributed by atoms with E-state index in [0.29, 0.717) is 64.7 Å². The quantitative estimate of drug-likeness (QED) is 0.0344. The maximum absolute atomic E-state index is 6.28. The summed E-state index contributed by atoms with van der Waals surface area (Å²) in [6.45, 7) is 25.2. The molecule has 4 aromatic rings. The minimum Gasteiger partial charge on any atom is -0.490 e. The van der Waals surface area contributed by atoms with Crippen LogP contribution in [-0.2, 0) is 25.7 Å². The third kappa shape index (κ3) is 20.3. The Balaban J connectivity index is 0.00000861. The van der Waals surface area contributed by atoms with Gasteiger partial charge in [0.1, 0.15) is 0 Å². The molecule has 0 bridgehead atoms. The second kappa shape index (κ2) is 41.3. The molecule has 20 heteroatoms. The van der Waals surface area contributed by atoms with Crippen molar-refractivity contribution < 1.29 is 59.8 Å². The van der Waals surface area contributed by atoms with Gasteiger partial charge in [0.2, 0.25) is 0 Å². The lowest BCUT2D eigenvalue weighted by molar-refractivity contribution is 0.261. The highest BCUT2D eigenvalue weighted by atomic mass is 35.5. The Morgan fingerprint density at radius 3 is 0.821 bits per heavy atom. The van der Waals surface area contributed by atoms with Gasteiger partial charge in [-0.05, 0) is 251 Å². The molecule has 8 rings (SSSR count). The standard InChI is InChI=1S/C64H94N4O8.4ClH.4H2O/c1-9-69-55-35-45-27-31-65-53(49(45)39-59(55)73-13-5)25-19-23-43(63-51-41-61(75-15-7)57(71-11-3)37-47(51)29-33-67-63)21-17-18-22-44(64-52-42-62(76-16-8)58(72-12-4)38-48(52)30-34-68-64)24-20-26-54-50-40-60(74-14-6)56(70-10-2)36-46(50)28-32-66-54;;;;;;;;/h35-44,53-54,63-68H,9-34H2,1-8H3;4*1H;4*1H2. The number of nitrogens with one attached hydrogen (secondary N) is 4. The van der Waals surface area contributed by atoms with Crippen molar-refractivity contribution in [2.75, 3.05) is 79.0 Å². The van der Waals surface area contributed by atoms with Crippen LogP contribution in [0.4, 0.5) is 0 Å². The van der Waals surface area contributed by atoms with Crippen LogP contribution in [0.1, 0.15) is 188 Å². The molecule has 0 fully saturated rings. The molecule has 0 aliphatic carbocycles. The molecule has 0 saturated carbocycles. The molecule has 6 unspecified atom stereocenters. The zero-order chi connectivity index (χ0) is 53.2. The Morgan fingerprint density at radius 2 is 0.548 bits per heavy atom. The first kappa shape index (κ1) is 80.1. The first-order valence-electron chi connectivity index (χ1n) is 30.0. The zero-order valence-corrected chi connectivity index (χ0v) is 54.6. The van der Waals surface area contributed by atoms with E-state index in [0.717, 1.165) is 149 Å². The number of rotatable bonds is 31. The topological polar surface area (TPSA) is 248 Å². The zero-order valence-electron chi connectivity index (χ0n) is 51.4. The average Bonchev–Trinajstić information content (AvgIpc) is 3.63. The van der Waals surface area contributed by atoms with Crippen LogP contribution in [0.2, 0.25) is 0 Å². The second-order valence-electron chi connectivity index (χ2n) is 21.0. The maximum Gasteiger partial charge on any atom is 0.161 e. The maximum atomic E-state index is 6.28. The largest absolute Gasteiger partial charge is 0.490 e. The van der Waals surface area contributed by atoms with Crippen LogP contribution in [0.3, 0.4) is 0 Å². The molecule has 4 aromatic carbocycles. The van der Waals surface area contributed by atoms with Gasteiger partial charge in [0.15, 0.2) is 46.0 Å². The van der Waals surface area contributed by atoms with Gasteiger partial charge in [0.05, 0.1) is 52.9 Å². The Hall–Kier alpha value is -3.88. The Bertz CT molecular complexity index is 2310. The van der Waals surface area contributed by atoms with Crippen molar-refractivity contribution >= 4 is 49.6 Å². The number of fused-ring (bicyclic) bond motifs is 4. The highest BCUT2D eigenvalue weighted by Crippen LogP contribution is 2.45. The van der Waals surface area contributed by atoms with E-state index >= 15 is 0 Å². The Labute approximate surface area is 527 Å². The van der Waals surface area contributed by atoms with Crippen LogP contribution in [-0.4, -0.2) is 101 Å². The van der Waals surface area contributed by atoms with Gasteiger partial charge >= 0.3 is 0 Å². The van der Waals surface area contributed by atoms with Crippen LogP contribution in [0.25, 0.3) is 0 Å². The summed E-state index contributed by atoms with van der Waals surface area (Å²) >= 11 is 0. The summed E-state index contributed by atoms with van der Waals surface area (Å²) in [4.78, 5) is 0. The lowest BCUT2D eigenvalue weighted by atomic mass is 9.78. The fraction of sp³-hybridized carbons (Fsp3) is 0.625. The van der Waals surface area contributed by atoms with Gasteiger partial charge in [-0.15, -0.1) is 49.6 Å². The molecule has 84 heavy (non-hydrogen) atoms. The second-order valence-corrected chi connectivity index (χ2v) is 21.0. The summed E-state index contributed by atoms with van der Waals surface area (Å²) in [5, 5.41) is 16.0. The molecule has 16 nitrogen and oxygen atoms in total. The van der Waals surface area contributed by atoms with Crippen molar-refractivity contribution in [2.45, 2.75) is 169 Å². The first-order valence-corrected chi connectivity index (χ1v) is 30.0. The molecule has 4 aliphatic heterocycles. The third-order valence-corrected chi connectivity index (χ3v) is 16.2. The smallest absolute Gasteiger partial charge is 0.161 e. The molecule has 0 saturated heterocycles. The molecule has 12 N–H and O–H groups in total. The lowest BCUT2D eigenvalue weighted by Gasteiger charge is -2.36. The van der Waals surface area contributed by atoms with Gasteiger partial charge in [-0.25, -0.2) is 0 Å². The fourth-order valence-corrected chi connectivity index (χ4v) is 12.9. The van der Waals surface area contributed by atoms with Gasteiger partial charge in [-0.3, -0.25) is 0 Å². The Morgan fingerprint density at radius 1 is 0.321 bits per heavy atom. The lowest BCUT2D eigenvalue weighted by Crippen LogP contribution is -2.36. The molecule has 0 amide bonds. The molecule has 4 heterocycles. The van der Waals surface area contributed by atoms with Gasteiger partial charge in [0, 0.05) is 24.2 Å². The summed E-state index contributed by atoms with van der Waals surface area (Å²) in [7, 11) is 0. The van der Waals surface area contributed by atoms with Gasteiger partial charge in [-0.1, -0.05) is 25.7 Å². The van der Waals surface area contributed by atoms with Crippen molar-refractivity contribution in [2.24, 2.45) is 11.8 Å². The van der Waals surface area contributed by atoms with Gasteiger partial charge in [-0.2, -0.15) is 0 Å². The minimum atomic E-state index is 0. The van der Waals surface area contributed by atoms with Crippen LogP contribution in [0, 0.1) is 11.8 Å². The minimum absolute atomic E-state index is 0. The fourth-order valence-electron chi connectivity index (χ4n) is 12.9. The normalized spacial score (nSPS) is 17.7. The van der Waals surface area contributed by atoms with Crippen molar-refractivity contribution in [1.82, 2.24) is 21.3 Å². The van der Waals surface area contributed by atoms with Crippen LogP contribution < -0.4 is 59.2 Å². The number of hydrogen-bond donors (Lipinski definition) is 4. The number of halogens is 4. The van der Waals surface area contributed by atoms with Crippen molar-refractivity contribution in [3.05, 3.63) is 93.0 Å². The molecule has 4 aliphatic rings. The third-order valence-electron chi connectivity index (χ3n) is 16.2. The predicted molar refractivity (Wildman–Crippen MR) is 350 cm³/mol. The molecule has 0 spiro atoms. The summed E-state index contributed by atoms with van der Waals surface area (Å²) in [5.74, 6) is 7.78. The van der Waals surface area contributed by atoms with E-state index in [1.54, 1.807) is 0 Å². The summed E-state index contributed by atoms with van der Waals surface area (Å²) in [6, 6.07) is 19.2. The number of ether oxygens (including phenoxy) is 8. The van der Waals surface area contributed by atoms with Gasteiger partial charge in [0.25, 0.3) is 0 Å². The van der Waals surface area contributed by atoms with Crippen LogP contribution in [0.15, 0.2) is 48.5 Å². The SMILES string of the molecule is CCOc1cc2c(cc1OCC)C(CCCC(CCCCC(CCCC1NCCc3cc(OCC)c(OCC)cc31)C1NCCc3cc(OCC)c(OCC)cc31)C1NCCc3cc(OCC)c(OCC)cc31)NCC2.Cl.Cl.Cl.Cl.O.O.O.O. The van der Waals surface area contributed by atoms with Crippen molar-refractivity contribution in [3.63, 3.8) is 0 Å². The van der Waals surface area contributed by atoms with Crippen LogP contribution in [0.5, 0.6) is 46.0 Å². The highest BCUT2D eigenvalue weighted by molar-refractivity contribution is 5.86. The summed E-state index contributed by atoms with van der Waals surface area (Å²) in [6.07, 6.45) is 15.2. The molecule has 0 radical (unpaired) electrons. The van der Waals surface area contributed by atoms with Crippen molar-refractivity contribution in [3.8, 4) is 46.0 Å². The number of benzene rings is 4. The molecular formula is C64H106Cl4N4O12. The molecule has 482 valence electrons. The highest BCUT2D eigenvalue weighted by Gasteiger charge is 2.33. The van der Waals surface area contributed by atoms with E-state index in [1.807, 2.05) is 27.7 Å². The Kier molecular flexibility index (Phi) is 39.4. The van der Waals surface area contributed by atoms with E-state index in [1.165, 1.54) is 57.3 Å². The van der Waals surface area contributed by atoms with Gasteiger partial charge < -0.3 is 81.1 Å². The van der Waals surface area contributed by atoms with E-state index < -0.39 is 0 Å². The number of unbranched alkanes of at least 4 members (excludes halogenated alkanes) is 1. The van der Waals surface area contributed by atoms with E-state index in [4.69, 9.17) is 37.9 Å². The first-order chi connectivity index (χ1) is 37.3. The van der Waals surface area contributed by atoms with Crippen LogP contribution >= 0.6 is 49.6 Å². The average molecular weight is 1270 g/mol. The molecule has 6 atom stereocenters. The van der Waals surface area contributed by atoms with E-state index in [9.17, 15) is 0 Å².